The number of nitrogen functional groups attached to an aromatic ring is 1. The van der Waals surface area contributed by atoms with Gasteiger partial charge in [-0.3, -0.25) is 4.68 Å². The predicted molar refractivity (Wildman–Crippen MR) is 140 cm³/mol. The third kappa shape index (κ3) is 5.75. The van der Waals surface area contributed by atoms with Crippen molar-refractivity contribution in [1.82, 2.24) is 34.5 Å². The molecule has 0 bridgehead atoms. The van der Waals surface area contributed by atoms with E-state index in [0.29, 0.717) is 35.6 Å². The summed E-state index contributed by atoms with van der Waals surface area (Å²) in [5.74, 6) is 7.81. The second-order valence-electron chi connectivity index (χ2n) is 8.44. The van der Waals surface area contributed by atoms with Crippen molar-refractivity contribution < 1.29 is 4.74 Å². The summed E-state index contributed by atoms with van der Waals surface area (Å²) in [4.78, 5) is 12.9. The average Bonchev–Trinajstić information content (AvgIpc) is 3.29. The molecule has 0 amide bonds. The summed E-state index contributed by atoms with van der Waals surface area (Å²) in [5.41, 5.74) is 10.7. The molecule has 0 aliphatic carbocycles. The van der Waals surface area contributed by atoms with E-state index in [-0.39, 0.29) is 6.10 Å². The lowest BCUT2D eigenvalue weighted by Crippen LogP contribution is -2.19. The number of halogens is 1. The van der Waals surface area contributed by atoms with Gasteiger partial charge in [0.2, 0.25) is 5.88 Å². The maximum absolute atomic E-state index is 6.27. The molecule has 3 N–H and O–H groups in total. The van der Waals surface area contributed by atoms with Gasteiger partial charge in [0.25, 0.3) is 0 Å². The Kier molecular flexibility index (Phi) is 7.41. The van der Waals surface area contributed by atoms with Gasteiger partial charge < -0.3 is 15.8 Å². The number of nitrogens with zero attached hydrogens (tertiary/aromatic N) is 7. The normalized spacial score (nSPS) is 11.6. The van der Waals surface area contributed by atoms with Crippen molar-refractivity contribution in [2.24, 2.45) is 14.1 Å². The van der Waals surface area contributed by atoms with Crippen LogP contribution in [0.1, 0.15) is 35.9 Å². The van der Waals surface area contributed by atoms with Crippen LogP contribution in [0.5, 0.6) is 5.88 Å². The topological polar surface area (TPSA) is 122 Å². The molecule has 0 aromatic carbocycles. The molecule has 0 saturated carbocycles. The quantitative estimate of drug-likeness (QED) is 0.289. The number of aromatic nitrogens is 7. The number of anilines is 2. The lowest BCUT2D eigenvalue weighted by atomic mass is 10.2. The molecule has 4 heterocycles. The van der Waals surface area contributed by atoms with Gasteiger partial charge in [0.1, 0.15) is 16.5 Å². The highest BCUT2D eigenvalue weighted by Crippen LogP contribution is 2.31. The highest BCUT2D eigenvalue weighted by Gasteiger charge is 2.21. The fourth-order valence-electron chi connectivity index (χ4n) is 3.72. The Morgan fingerprint density at radius 1 is 1.14 bits per heavy atom. The molecule has 0 aliphatic rings. The Morgan fingerprint density at radius 2 is 1.92 bits per heavy atom. The summed E-state index contributed by atoms with van der Waals surface area (Å²) >= 11 is 6.15. The summed E-state index contributed by atoms with van der Waals surface area (Å²) < 4.78 is 9.70. The molecular weight excluding hydrogens is 478 g/mol. The Balaban J connectivity index is 1.45. The fraction of sp³-hybridized carbons (Fsp3) is 0.320. The molecule has 11 heteroatoms. The minimum absolute atomic E-state index is 0.128. The molecular formula is C25H28ClN9O. The predicted octanol–water partition coefficient (Wildman–Crippen LogP) is 3.53. The molecule has 0 unspecified atom stereocenters. The average molecular weight is 506 g/mol. The van der Waals surface area contributed by atoms with Crippen molar-refractivity contribution in [3.63, 3.8) is 0 Å². The second kappa shape index (κ2) is 10.7. The van der Waals surface area contributed by atoms with Crippen LogP contribution < -0.4 is 15.8 Å². The van der Waals surface area contributed by atoms with Crippen molar-refractivity contribution in [3.8, 4) is 29.1 Å². The van der Waals surface area contributed by atoms with Crippen LogP contribution in [0.4, 0.5) is 11.5 Å². The number of nitrogens with one attached hydrogen (secondary N) is 1. The zero-order chi connectivity index (χ0) is 25.8. The van der Waals surface area contributed by atoms with Crippen molar-refractivity contribution in [3.05, 3.63) is 58.4 Å². The first-order valence-corrected chi connectivity index (χ1v) is 11.8. The lowest BCUT2D eigenvalue weighted by molar-refractivity contribution is 0.198. The van der Waals surface area contributed by atoms with Crippen LogP contribution in [0.25, 0.3) is 11.4 Å². The third-order valence-electron chi connectivity index (χ3n) is 5.47. The third-order valence-corrected chi connectivity index (χ3v) is 5.67. The summed E-state index contributed by atoms with van der Waals surface area (Å²) in [7, 11) is 3.70. The summed E-state index contributed by atoms with van der Waals surface area (Å²) in [6, 6.07) is 3.42. The van der Waals surface area contributed by atoms with Gasteiger partial charge in [-0.25, -0.2) is 19.6 Å². The zero-order valence-corrected chi connectivity index (χ0v) is 21.6. The molecule has 0 radical (unpaired) electrons. The van der Waals surface area contributed by atoms with Crippen molar-refractivity contribution in [2.75, 3.05) is 17.6 Å². The Bertz CT molecular complexity index is 1450. The minimum Gasteiger partial charge on any atom is -0.474 e. The molecule has 0 saturated heterocycles. The smallest absolute Gasteiger partial charge is 0.223 e. The molecule has 4 rings (SSSR count). The number of pyridine rings is 1. The van der Waals surface area contributed by atoms with E-state index in [9.17, 15) is 0 Å². The standard InChI is InChI=1S/C25H28ClN9O/c1-15(36-25-23(17(3)33-35(25)5)24-29-11-9-22(27)31-24)8-10-28-20-12-21(26)30-13-18(20)6-7-19-14-34(4)32-16(19)2/h9,11-15H,8,10H2,1-5H3,(H,28,30)(H2,27,29,31)/t15-/m1/s1. The first-order chi connectivity index (χ1) is 17.2. The summed E-state index contributed by atoms with van der Waals surface area (Å²) in [5, 5.41) is 12.6. The van der Waals surface area contributed by atoms with Crippen LogP contribution in [0.3, 0.4) is 0 Å². The maximum Gasteiger partial charge on any atom is 0.223 e. The summed E-state index contributed by atoms with van der Waals surface area (Å²) in [6.45, 7) is 6.45. The first kappa shape index (κ1) is 25.0. The largest absolute Gasteiger partial charge is 0.474 e. The number of hydrogen-bond acceptors (Lipinski definition) is 8. The number of ether oxygens (including phenoxy) is 1. The van der Waals surface area contributed by atoms with Crippen LogP contribution in [-0.2, 0) is 14.1 Å². The van der Waals surface area contributed by atoms with E-state index in [1.54, 1.807) is 33.9 Å². The summed E-state index contributed by atoms with van der Waals surface area (Å²) in [6.07, 6.45) is 5.75. The molecule has 36 heavy (non-hydrogen) atoms. The van der Waals surface area contributed by atoms with E-state index in [2.05, 4.69) is 42.3 Å². The van der Waals surface area contributed by atoms with E-state index in [1.165, 1.54) is 0 Å². The van der Waals surface area contributed by atoms with E-state index in [4.69, 9.17) is 22.1 Å². The van der Waals surface area contributed by atoms with Crippen LogP contribution in [0.15, 0.2) is 30.7 Å². The van der Waals surface area contributed by atoms with Gasteiger partial charge in [0.15, 0.2) is 5.82 Å². The van der Waals surface area contributed by atoms with Crippen molar-refractivity contribution >= 4 is 23.1 Å². The highest BCUT2D eigenvalue weighted by atomic mass is 35.5. The SMILES string of the molecule is Cc1nn(C)cc1C#Cc1cnc(Cl)cc1NCC[C@@H](C)Oc1c(-c2nccc(N)n2)c(C)nn1C. The highest BCUT2D eigenvalue weighted by molar-refractivity contribution is 6.29. The van der Waals surface area contributed by atoms with Crippen molar-refractivity contribution in [1.29, 1.82) is 0 Å². The molecule has 186 valence electrons. The van der Waals surface area contributed by atoms with Gasteiger partial charge in [0, 0.05) is 45.7 Å². The van der Waals surface area contributed by atoms with Gasteiger partial charge >= 0.3 is 0 Å². The number of nitrogens with two attached hydrogens (primary N) is 1. The van der Waals surface area contributed by atoms with Gasteiger partial charge in [-0.05, 0) is 32.9 Å². The van der Waals surface area contributed by atoms with Gasteiger partial charge in [-0.1, -0.05) is 23.4 Å². The molecule has 10 nitrogen and oxygen atoms in total. The van der Waals surface area contributed by atoms with Crippen LogP contribution in [0.2, 0.25) is 5.15 Å². The van der Waals surface area contributed by atoms with E-state index in [0.717, 1.165) is 33.8 Å². The molecule has 0 aliphatic heterocycles. The van der Waals surface area contributed by atoms with Crippen LogP contribution >= 0.6 is 11.6 Å². The van der Waals surface area contributed by atoms with E-state index in [1.807, 2.05) is 41.1 Å². The second-order valence-corrected chi connectivity index (χ2v) is 8.83. The van der Waals surface area contributed by atoms with Gasteiger partial charge in [0.05, 0.1) is 34.3 Å². The number of hydrogen-bond donors (Lipinski definition) is 2. The Morgan fingerprint density at radius 3 is 2.64 bits per heavy atom. The Labute approximate surface area is 214 Å². The molecule has 4 aromatic heterocycles. The monoisotopic (exact) mass is 505 g/mol. The molecule has 0 spiro atoms. The molecule has 4 aromatic rings. The maximum atomic E-state index is 6.27. The fourth-order valence-corrected chi connectivity index (χ4v) is 3.87. The van der Waals surface area contributed by atoms with E-state index < -0.39 is 0 Å². The lowest BCUT2D eigenvalue weighted by Gasteiger charge is -2.17. The Hall–Kier alpha value is -4.10. The zero-order valence-electron chi connectivity index (χ0n) is 20.9. The number of rotatable bonds is 7. The van der Waals surface area contributed by atoms with Crippen LogP contribution in [-0.4, -0.2) is 47.2 Å². The van der Waals surface area contributed by atoms with Gasteiger partial charge in [-0.15, -0.1) is 0 Å². The van der Waals surface area contributed by atoms with E-state index >= 15 is 0 Å². The van der Waals surface area contributed by atoms with Crippen LogP contribution in [0, 0.1) is 25.7 Å². The molecule has 1 atom stereocenters. The minimum atomic E-state index is -0.128. The molecule has 0 fully saturated rings. The van der Waals surface area contributed by atoms with Crippen molar-refractivity contribution in [2.45, 2.75) is 33.3 Å². The van der Waals surface area contributed by atoms with Gasteiger partial charge in [-0.2, -0.15) is 10.2 Å². The first-order valence-electron chi connectivity index (χ1n) is 11.4. The number of aryl methyl sites for hydroxylation is 4.